The number of ether oxygens (including phenoxy) is 1. The van der Waals surface area contributed by atoms with E-state index in [1.54, 1.807) is 30.4 Å². The van der Waals surface area contributed by atoms with Crippen molar-refractivity contribution in [3.8, 4) is 0 Å². The first-order valence-electron chi connectivity index (χ1n) is 7.35. The summed E-state index contributed by atoms with van der Waals surface area (Å²) in [6, 6.07) is 0. The van der Waals surface area contributed by atoms with Crippen LogP contribution in [0.4, 0.5) is 0 Å². The molecule has 0 amide bonds. The summed E-state index contributed by atoms with van der Waals surface area (Å²) >= 11 is 0. The Morgan fingerprint density at radius 1 is 0.542 bits per heavy atom. The zero-order valence-corrected chi connectivity index (χ0v) is 16.7. The van der Waals surface area contributed by atoms with Gasteiger partial charge in [-0.3, -0.25) is 0 Å². The van der Waals surface area contributed by atoms with Crippen LogP contribution >= 0.6 is 0 Å². The summed E-state index contributed by atoms with van der Waals surface area (Å²) in [5.41, 5.74) is 0. The Labute approximate surface area is 152 Å². The van der Waals surface area contributed by atoms with Crippen LogP contribution in [0.3, 0.4) is 0 Å². The second-order valence-corrected chi connectivity index (χ2v) is 2.96. The Morgan fingerprint density at radius 3 is 0.667 bits per heavy atom. The first-order chi connectivity index (χ1) is 11.4. The molecule has 0 aliphatic rings. The lowest BCUT2D eigenvalue weighted by Crippen LogP contribution is -1.85. The number of aliphatic hydroxyl groups excluding tert-OH is 2. The summed E-state index contributed by atoms with van der Waals surface area (Å²) in [6.45, 7) is 32.5. The Hall–Kier alpha value is -2.10. The maximum Gasteiger partial charge on any atom is 0.0829 e. The first kappa shape index (κ1) is 43.1. The average molecular weight is 343 g/mol. The Morgan fingerprint density at radius 2 is 0.667 bits per heavy atom. The second-order valence-electron chi connectivity index (χ2n) is 2.96. The molecule has 0 aromatic rings. The fraction of sp³-hybridized carbons (Fsp3) is 0.333. The van der Waals surface area contributed by atoms with Gasteiger partial charge in [-0.2, -0.15) is 0 Å². The van der Waals surface area contributed by atoms with Crippen LogP contribution in [0.2, 0.25) is 0 Å². The molecule has 0 aliphatic carbocycles. The molecule has 0 radical (unpaired) electrons. The molecule has 144 valence electrons. The quantitative estimate of drug-likeness (QED) is 0.472. The predicted molar refractivity (Wildman–Crippen MR) is 115 cm³/mol. The number of hydrogen-bond donors (Lipinski definition) is 2. The minimum Gasteiger partial charge on any atom is -0.474 e. The van der Waals surface area contributed by atoms with Gasteiger partial charge in [-0.15, -0.1) is 32.9 Å². The molecule has 0 spiro atoms. The highest BCUT2D eigenvalue weighted by atomic mass is 16.5. The van der Waals surface area contributed by atoms with Gasteiger partial charge in [0.25, 0.3) is 0 Å². The van der Waals surface area contributed by atoms with Crippen LogP contribution in [-0.2, 0) is 4.74 Å². The normalized spacial score (nSPS) is 5.12. The molecule has 3 nitrogen and oxygen atoms in total. The van der Waals surface area contributed by atoms with Crippen LogP contribution in [0.15, 0.2) is 89.0 Å². The highest BCUT2D eigenvalue weighted by Crippen LogP contribution is 1.65. The van der Waals surface area contributed by atoms with Crippen molar-refractivity contribution in [2.24, 2.45) is 0 Å². The number of aliphatic hydroxyl groups is 2. The van der Waals surface area contributed by atoms with Crippen molar-refractivity contribution in [2.75, 3.05) is 13.2 Å². The lowest BCUT2D eigenvalue weighted by Gasteiger charge is -1.76. The van der Waals surface area contributed by atoms with Gasteiger partial charge in [0.1, 0.15) is 0 Å². The maximum absolute atomic E-state index is 7.62. The van der Waals surface area contributed by atoms with Crippen molar-refractivity contribution in [1.29, 1.82) is 0 Å². The van der Waals surface area contributed by atoms with E-state index in [0.29, 0.717) is 0 Å². The molecule has 0 heterocycles. The standard InChI is InChI=1S/C4H6O.5C3H6.C2H6O2/c1-3-5-4-2;5*1-3-2;3-1-2-4/h3-4H,1-2H2;5*3H,1H2,2H3;3-4H,1-2H2. The first-order valence-corrected chi connectivity index (χ1v) is 7.35. The van der Waals surface area contributed by atoms with Gasteiger partial charge >= 0.3 is 0 Å². The number of allylic oxidation sites excluding steroid dienone is 5. The number of rotatable bonds is 3. The van der Waals surface area contributed by atoms with E-state index in [1.165, 1.54) is 12.5 Å². The molecule has 2 N–H and O–H groups in total. The second kappa shape index (κ2) is 133. The van der Waals surface area contributed by atoms with E-state index >= 15 is 0 Å². The maximum atomic E-state index is 7.62. The predicted octanol–water partition coefficient (Wildman–Crippen LogP) is 6.22. The van der Waals surface area contributed by atoms with Crippen LogP contribution in [-0.4, -0.2) is 23.4 Å². The van der Waals surface area contributed by atoms with Crippen molar-refractivity contribution in [2.45, 2.75) is 34.6 Å². The summed E-state index contributed by atoms with van der Waals surface area (Å²) in [5.74, 6) is 0. The molecule has 3 heteroatoms. The van der Waals surface area contributed by atoms with E-state index in [1.807, 2.05) is 34.6 Å². The Bertz CT molecular complexity index is 176. The summed E-state index contributed by atoms with van der Waals surface area (Å²) in [4.78, 5) is 0. The molecule has 0 saturated heterocycles. The molecule has 0 bridgehead atoms. The third-order valence-corrected chi connectivity index (χ3v) is 0.292. The van der Waals surface area contributed by atoms with Gasteiger partial charge in [0.15, 0.2) is 0 Å². The van der Waals surface area contributed by atoms with Crippen LogP contribution in [0.1, 0.15) is 34.6 Å². The van der Waals surface area contributed by atoms with Crippen molar-refractivity contribution in [3.05, 3.63) is 89.0 Å². The molecule has 0 fully saturated rings. The van der Waals surface area contributed by atoms with Gasteiger partial charge in [0.05, 0.1) is 25.7 Å². The van der Waals surface area contributed by atoms with E-state index < -0.39 is 0 Å². The summed E-state index contributed by atoms with van der Waals surface area (Å²) in [7, 11) is 0. The highest BCUT2D eigenvalue weighted by molar-refractivity contribution is 4.57. The van der Waals surface area contributed by atoms with E-state index in [4.69, 9.17) is 10.2 Å². The van der Waals surface area contributed by atoms with Gasteiger partial charge < -0.3 is 14.9 Å². The van der Waals surface area contributed by atoms with Gasteiger partial charge in [0, 0.05) is 0 Å². The zero-order valence-electron chi connectivity index (χ0n) is 16.7. The van der Waals surface area contributed by atoms with Gasteiger partial charge in [-0.05, 0) is 34.6 Å². The van der Waals surface area contributed by atoms with E-state index in [9.17, 15) is 0 Å². The fourth-order valence-electron chi connectivity index (χ4n) is 0.0680. The molecule has 0 aliphatic heterocycles. The molecule has 0 rings (SSSR count). The van der Waals surface area contributed by atoms with Crippen LogP contribution in [0.25, 0.3) is 0 Å². The monoisotopic (exact) mass is 342 g/mol. The third kappa shape index (κ3) is 8780. The minimum atomic E-state index is -0.125. The summed E-state index contributed by atoms with van der Waals surface area (Å²) < 4.78 is 4.36. The fourth-order valence-corrected chi connectivity index (χ4v) is 0.0680. The van der Waals surface area contributed by atoms with E-state index in [-0.39, 0.29) is 13.2 Å². The van der Waals surface area contributed by atoms with Crippen LogP contribution in [0.5, 0.6) is 0 Å². The lowest BCUT2D eigenvalue weighted by atomic mass is 10.8. The molecule has 0 atom stereocenters. The molecular weight excluding hydrogens is 300 g/mol. The van der Waals surface area contributed by atoms with Crippen molar-refractivity contribution in [1.82, 2.24) is 0 Å². The smallest absolute Gasteiger partial charge is 0.0829 e. The highest BCUT2D eigenvalue weighted by Gasteiger charge is 1.58. The molecule has 0 aromatic heterocycles. The summed E-state index contributed by atoms with van der Waals surface area (Å²) in [5, 5.41) is 15.2. The van der Waals surface area contributed by atoms with Crippen LogP contribution < -0.4 is 0 Å². The largest absolute Gasteiger partial charge is 0.474 e. The van der Waals surface area contributed by atoms with E-state index in [2.05, 4.69) is 50.8 Å². The topological polar surface area (TPSA) is 49.7 Å². The van der Waals surface area contributed by atoms with Gasteiger partial charge in [0.2, 0.25) is 0 Å². The Kier molecular flexibility index (Phi) is 238. The van der Waals surface area contributed by atoms with Crippen molar-refractivity contribution < 1.29 is 14.9 Å². The van der Waals surface area contributed by atoms with Crippen molar-refractivity contribution in [3.63, 3.8) is 0 Å². The molecule has 0 aromatic carbocycles. The summed E-state index contributed by atoms with van der Waals surface area (Å²) in [6.07, 6.45) is 11.4. The zero-order chi connectivity index (χ0) is 21.1. The average Bonchev–Trinajstić information content (AvgIpc) is 2.52. The molecular formula is C21H42O3. The molecule has 24 heavy (non-hydrogen) atoms. The lowest BCUT2D eigenvalue weighted by molar-refractivity contribution is 0.186. The van der Waals surface area contributed by atoms with E-state index in [0.717, 1.165) is 0 Å². The van der Waals surface area contributed by atoms with Gasteiger partial charge in [-0.25, -0.2) is 0 Å². The molecule has 0 unspecified atom stereocenters. The third-order valence-electron chi connectivity index (χ3n) is 0.292. The minimum absolute atomic E-state index is 0.125. The molecule has 0 saturated carbocycles. The van der Waals surface area contributed by atoms with Crippen LogP contribution in [0, 0.1) is 0 Å². The van der Waals surface area contributed by atoms with Crippen molar-refractivity contribution >= 4 is 0 Å². The number of hydrogen-bond acceptors (Lipinski definition) is 3. The Balaban J connectivity index is -0.0000000284. The SMILES string of the molecule is C=CC.C=CC.C=CC.C=CC.C=CC.C=COC=C.OCCO. The van der Waals surface area contributed by atoms with Gasteiger partial charge in [-0.1, -0.05) is 43.5 Å².